The van der Waals surface area contributed by atoms with Crippen molar-refractivity contribution in [2.75, 3.05) is 20.8 Å². The van der Waals surface area contributed by atoms with Gasteiger partial charge in [-0.1, -0.05) is 6.07 Å². The first-order valence-electron chi connectivity index (χ1n) is 7.78. The van der Waals surface area contributed by atoms with E-state index in [0.717, 1.165) is 5.56 Å². The molecule has 1 aromatic heterocycles. The van der Waals surface area contributed by atoms with Crippen LogP contribution in [-0.2, 0) is 27.4 Å². The first-order valence-corrected chi connectivity index (χ1v) is 7.78. The molecule has 1 amide bonds. The number of carbonyl (C=O) groups excluding carboxylic acids is 2. The Labute approximate surface area is 146 Å². The summed E-state index contributed by atoms with van der Waals surface area (Å²) in [4.78, 5) is 25.6. The van der Waals surface area contributed by atoms with Crippen molar-refractivity contribution in [3.8, 4) is 11.5 Å². The van der Waals surface area contributed by atoms with Crippen LogP contribution in [0.15, 0.2) is 41.0 Å². The number of amides is 1. The number of carbonyl (C=O) groups is 2. The highest BCUT2D eigenvalue weighted by Crippen LogP contribution is 2.28. The number of hydrogen-bond acceptors (Lipinski definition) is 6. The van der Waals surface area contributed by atoms with Gasteiger partial charge in [0.25, 0.3) is 0 Å². The molecule has 0 aliphatic heterocycles. The summed E-state index contributed by atoms with van der Waals surface area (Å²) in [6.45, 7) is 2.13. The molecule has 0 saturated carbocycles. The second kappa shape index (κ2) is 8.77. The van der Waals surface area contributed by atoms with E-state index in [2.05, 4.69) is 0 Å². The number of nitrogens with zero attached hydrogens (tertiary/aromatic N) is 1. The van der Waals surface area contributed by atoms with Crippen LogP contribution >= 0.6 is 0 Å². The summed E-state index contributed by atoms with van der Waals surface area (Å²) < 4.78 is 20.6. The van der Waals surface area contributed by atoms with Crippen molar-refractivity contribution in [2.24, 2.45) is 0 Å². The molecule has 1 aromatic carbocycles. The number of ether oxygens (including phenoxy) is 3. The average Bonchev–Trinajstić information content (AvgIpc) is 3.13. The minimum Gasteiger partial charge on any atom is -0.493 e. The van der Waals surface area contributed by atoms with Crippen molar-refractivity contribution in [2.45, 2.75) is 20.0 Å². The molecular formula is C18H21NO6. The van der Waals surface area contributed by atoms with Gasteiger partial charge in [0.05, 0.1) is 33.6 Å². The van der Waals surface area contributed by atoms with Crippen molar-refractivity contribution < 1.29 is 28.2 Å². The van der Waals surface area contributed by atoms with Crippen LogP contribution in [0.4, 0.5) is 0 Å². The first-order chi connectivity index (χ1) is 12.1. The summed E-state index contributed by atoms with van der Waals surface area (Å²) >= 11 is 0. The van der Waals surface area contributed by atoms with E-state index in [4.69, 9.17) is 18.6 Å². The van der Waals surface area contributed by atoms with Gasteiger partial charge in [0, 0.05) is 6.54 Å². The maximum absolute atomic E-state index is 12.4. The normalized spacial score (nSPS) is 10.2. The molecule has 7 heteroatoms. The average molecular weight is 347 g/mol. The van der Waals surface area contributed by atoms with Gasteiger partial charge in [-0.2, -0.15) is 0 Å². The minimum atomic E-state index is -0.894. The first kappa shape index (κ1) is 18.4. The van der Waals surface area contributed by atoms with Crippen molar-refractivity contribution >= 4 is 11.9 Å². The molecule has 0 radical (unpaired) electrons. The zero-order chi connectivity index (χ0) is 18.2. The molecular weight excluding hydrogens is 326 g/mol. The van der Waals surface area contributed by atoms with E-state index in [1.807, 2.05) is 0 Å². The fourth-order valence-electron chi connectivity index (χ4n) is 2.31. The van der Waals surface area contributed by atoms with Crippen LogP contribution in [0.1, 0.15) is 18.2 Å². The lowest BCUT2D eigenvalue weighted by Crippen LogP contribution is -2.36. The van der Waals surface area contributed by atoms with Gasteiger partial charge < -0.3 is 23.5 Å². The standard InChI is InChI=1S/C18H21NO6/c1-4-24-18(21)17(20)19(12-14-6-5-9-25-14)11-13-7-8-15(22-2)16(10-13)23-3/h5-10H,4,11-12H2,1-3H3. The molecule has 2 rings (SSSR count). The van der Waals surface area contributed by atoms with Gasteiger partial charge in [-0.3, -0.25) is 4.79 Å². The summed E-state index contributed by atoms with van der Waals surface area (Å²) in [5.41, 5.74) is 0.779. The van der Waals surface area contributed by atoms with Gasteiger partial charge in [0.1, 0.15) is 5.76 Å². The van der Waals surface area contributed by atoms with E-state index >= 15 is 0 Å². The van der Waals surface area contributed by atoms with Gasteiger partial charge in [-0.15, -0.1) is 0 Å². The summed E-state index contributed by atoms with van der Waals surface area (Å²) in [6.07, 6.45) is 1.51. The smallest absolute Gasteiger partial charge is 0.397 e. The molecule has 0 saturated heterocycles. The zero-order valence-electron chi connectivity index (χ0n) is 14.5. The quantitative estimate of drug-likeness (QED) is 0.565. The molecule has 0 aliphatic rings. The molecule has 0 unspecified atom stereocenters. The third-order valence-electron chi connectivity index (χ3n) is 3.49. The van der Waals surface area contributed by atoms with E-state index in [1.54, 1.807) is 44.4 Å². The fourth-order valence-corrected chi connectivity index (χ4v) is 2.31. The zero-order valence-corrected chi connectivity index (χ0v) is 14.5. The van der Waals surface area contributed by atoms with E-state index in [-0.39, 0.29) is 19.7 Å². The van der Waals surface area contributed by atoms with Crippen LogP contribution in [0.25, 0.3) is 0 Å². The third-order valence-corrected chi connectivity index (χ3v) is 3.49. The highest BCUT2D eigenvalue weighted by atomic mass is 16.5. The number of benzene rings is 1. The van der Waals surface area contributed by atoms with Gasteiger partial charge in [0.2, 0.25) is 0 Å². The number of furan rings is 1. The van der Waals surface area contributed by atoms with E-state index in [1.165, 1.54) is 18.3 Å². The Hall–Kier alpha value is -2.96. The molecule has 25 heavy (non-hydrogen) atoms. The number of esters is 1. The number of rotatable bonds is 7. The van der Waals surface area contributed by atoms with E-state index in [9.17, 15) is 9.59 Å². The minimum absolute atomic E-state index is 0.134. The Morgan fingerprint density at radius 3 is 2.44 bits per heavy atom. The van der Waals surface area contributed by atoms with Gasteiger partial charge in [-0.25, -0.2) is 4.79 Å². The maximum atomic E-state index is 12.4. The summed E-state index contributed by atoms with van der Waals surface area (Å²) in [7, 11) is 3.08. The fraction of sp³-hybridized carbons (Fsp3) is 0.333. The molecule has 0 N–H and O–H groups in total. The molecule has 1 heterocycles. The largest absolute Gasteiger partial charge is 0.493 e. The predicted molar refractivity (Wildman–Crippen MR) is 89.1 cm³/mol. The van der Waals surface area contributed by atoms with Gasteiger partial charge >= 0.3 is 11.9 Å². The van der Waals surface area contributed by atoms with Crippen molar-refractivity contribution in [1.82, 2.24) is 4.90 Å². The Kier molecular flexibility index (Phi) is 6.45. The van der Waals surface area contributed by atoms with E-state index < -0.39 is 11.9 Å². The summed E-state index contributed by atoms with van der Waals surface area (Å²) in [5, 5.41) is 0. The topological polar surface area (TPSA) is 78.2 Å². The second-order valence-electron chi connectivity index (χ2n) is 5.15. The lowest BCUT2D eigenvalue weighted by Gasteiger charge is -2.21. The molecule has 134 valence electrons. The van der Waals surface area contributed by atoms with Gasteiger partial charge in [-0.05, 0) is 36.8 Å². The molecule has 2 aromatic rings. The Morgan fingerprint density at radius 1 is 1.08 bits per heavy atom. The predicted octanol–water partition coefficient (Wildman–Crippen LogP) is 2.39. The molecule has 7 nitrogen and oxygen atoms in total. The lowest BCUT2D eigenvalue weighted by atomic mass is 10.1. The Balaban J connectivity index is 2.23. The van der Waals surface area contributed by atoms with Crippen LogP contribution in [0.2, 0.25) is 0 Å². The summed E-state index contributed by atoms with van der Waals surface area (Å²) in [5.74, 6) is 0.0720. The lowest BCUT2D eigenvalue weighted by molar-refractivity contribution is -0.160. The van der Waals surface area contributed by atoms with Crippen molar-refractivity contribution in [1.29, 1.82) is 0 Å². The third kappa shape index (κ3) is 4.76. The molecule has 0 fully saturated rings. The van der Waals surface area contributed by atoms with Crippen LogP contribution in [0.3, 0.4) is 0 Å². The highest BCUT2D eigenvalue weighted by molar-refractivity contribution is 6.32. The molecule has 0 aliphatic carbocycles. The molecule has 0 spiro atoms. The number of methoxy groups -OCH3 is 2. The monoisotopic (exact) mass is 347 g/mol. The SMILES string of the molecule is CCOC(=O)C(=O)N(Cc1ccc(OC)c(OC)c1)Cc1ccco1. The van der Waals surface area contributed by atoms with Crippen molar-refractivity contribution in [3.63, 3.8) is 0 Å². The Morgan fingerprint density at radius 2 is 1.84 bits per heavy atom. The van der Waals surface area contributed by atoms with E-state index in [0.29, 0.717) is 17.3 Å². The van der Waals surface area contributed by atoms with Crippen LogP contribution < -0.4 is 9.47 Å². The van der Waals surface area contributed by atoms with Crippen LogP contribution in [0.5, 0.6) is 11.5 Å². The van der Waals surface area contributed by atoms with Crippen molar-refractivity contribution in [3.05, 3.63) is 47.9 Å². The number of hydrogen-bond donors (Lipinski definition) is 0. The van der Waals surface area contributed by atoms with Crippen LogP contribution in [0, 0.1) is 0 Å². The molecule has 0 atom stereocenters. The second-order valence-corrected chi connectivity index (χ2v) is 5.15. The molecule has 0 bridgehead atoms. The maximum Gasteiger partial charge on any atom is 0.397 e. The summed E-state index contributed by atoms with van der Waals surface area (Å²) in [6, 6.07) is 8.76. The van der Waals surface area contributed by atoms with Crippen LogP contribution in [-0.4, -0.2) is 37.6 Å². The highest BCUT2D eigenvalue weighted by Gasteiger charge is 2.24. The van der Waals surface area contributed by atoms with Gasteiger partial charge in [0.15, 0.2) is 11.5 Å². The Bertz CT molecular complexity index is 710.